The molecular formula is C12H16N2O. The van der Waals surface area contributed by atoms with Crippen LogP contribution < -0.4 is 0 Å². The predicted molar refractivity (Wildman–Crippen MR) is 59.6 cm³/mol. The van der Waals surface area contributed by atoms with Crippen LogP contribution in [0.4, 0.5) is 4.79 Å². The van der Waals surface area contributed by atoms with Gasteiger partial charge in [0.25, 0.3) is 0 Å². The number of carbonyl (C=O) groups excluding carboxylic acids is 1. The molecule has 0 saturated carbocycles. The van der Waals surface area contributed by atoms with Gasteiger partial charge in [-0.1, -0.05) is 30.3 Å². The quantitative estimate of drug-likeness (QED) is 0.723. The van der Waals surface area contributed by atoms with Gasteiger partial charge in [-0.3, -0.25) is 0 Å². The first-order chi connectivity index (χ1) is 7.24. The van der Waals surface area contributed by atoms with Crippen LogP contribution in [0.5, 0.6) is 0 Å². The summed E-state index contributed by atoms with van der Waals surface area (Å²) >= 11 is 0. The first-order valence-electron chi connectivity index (χ1n) is 5.30. The molecule has 1 aromatic carbocycles. The minimum Gasteiger partial charge on any atom is -0.323 e. The number of carbonyl (C=O) groups is 1. The van der Waals surface area contributed by atoms with E-state index in [0.29, 0.717) is 0 Å². The average Bonchev–Trinajstić information content (AvgIpc) is 2.57. The molecule has 0 aliphatic carbocycles. The van der Waals surface area contributed by atoms with Crippen LogP contribution >= 0.6 is 0 Å². The number of urea groups is 1. The summed E-state index contributed by atoms with van der Waals surface area (Å²) in [5.74, 6) is 0. The smallest absolute Gasteiger partial charge is 0.320 e. The standard InChI is InChI=1S/C12H16N2O/c1-3-14-9-11(13(2)12(14)15)10-7-5-4-6-8-10/h4-8,11H,3,9H2,1-2H3. The van der Waals surface area contributed by atoms with Crippen molar-refractivity contribution in [3.8, 4) is 0 Å². The Kier molecular flexibility index (Phi) is 2.62. The molecule has 3 nitrogen and oxygen atoms in total. The van der Waals surface area contributed by atoms with Crippen molar-refractivity contribution in [2.24, 2.45) is 0 Å². The molecule has 2 amide bonds. The molecule has 2 rings (SSSR count). The molecule has 1 aliphatic heterocycles. The first-order valence-corrected chi connectivity index (χ1v) is 5.30. The summed E-state index contributed by atoms with van der Waals surface area (Å²) in [5.41, 5.74) is 1.21. The zero-order valence-electron chi connectivity index (χ0n) is 9.18. The molecule has 0 spiro atoms. The third kappa shape index (κ3) is 1.69. The van der Waals surface area contributed by atoms with Crippen molar-refractivity contribution in [3.63, 3.8) is 0 Å². The lowest BCUT2D eigenvalue weighted by Crippen LogP contribution is -2.29. The fraction of sp³-hybridized carbons (Fsp3) is 0.417. The maximum atomic E-state index is 11.8. The van der Waals surface area contributed by atoms with Crippen molar-refractivity contribution in [1.82, 2.24) is 9.80 Å². The Labute approximate surface area is 90.3 Å². The van der Waals surface area contributed by atoms with E-state index in [1.165, 1.54) is 5.56 Å². The van der Waals surface area contributed by atoms with E-state index in [4.69, 9.17) is 0 Å². The third-order valence-corrected chi connectivity index (χ3v) is 3.00. The number of likely N-dealkylation sites (N-methyl/N-ethyl adjacent to an activating group) is 2. The van der Waals surface area contributed by atoms with E-state index >= 15 is 0 Å². The number of benzene rings is 1. The van der Waals surface area contributed by atoms with Gasteiger partial charge in [0.1, 0.15) is 0 Å². The highest BCUT2D eigenvalue weighted by atomic mass is 16.2. The van der Waals surface area contributed by atoms with Crippen molar-refractivity contribution in [2.45, 2.75) is 13.0 Å². The van der Waals surface area contributed by atoms with Gasteiger partial charge in [0.05, 0.1) is 6.04 Å². The molecule has 1 aliphatic rings. The second-order valence-electron chi connectivity index (χ2n) is 3.86. The summed E-state index contributed by atoms with van der Waals surface area (Å²) in [6.45, 7) is 3.60. The lowest BCUT2D eigenvalue weighted by atomic mass is 10.1. The topological polar surface area (TPSA) is 23.6 Å². The summed E-state index contributed by atoms with van der Waals surface area (Å²) < 4.78 is 0. The van der Waals surface area contributed by atoms with Gasteiger partial charge >= 0.3 is 6.03 Å². The Morgan fingerprint density at radius 1 is 1.33 bits per heavy atom. The normalized spacial score (nSPS) is 21.2. The molecule has 15 heavy (non-hydrogen) atoms. The van der Waals surface area contributed by atoms with Crippen molar-refractivity contribution >= 4 is 6.03 Å². The van der Waals surface area contributed by atoms with Crippen LogP contribution in [0.1, 0.15) is 18.5 Å². The van der Waals surface area contributed by atoms with Crippen LogP contribution in [-0.4, -0.2) is 36.0 Å². The molecule has 0 radical (unpaired) electrons. The van der Waals surface area contributed by atoms with E-state index in [-0.39, 0.29) is 12.1 Å². The van der Waals surface area contributed by atoms with Crippen LogP contribution in [0.15, 0.2) is 30.3 Å². The van der Waals surface area contributed by atoms with Gasteiger partial charge in [0.2, 0.25) is 0 Å². The number of hydrogen-bond acceptors (Lipinski definition) is 1. The van der Waals surface area contributed by atoms with Gasteiger partial charge in [-0.2, -0.15) is 0 Å². The van der Waals surface area contributed by atoms with E-state index < -0.39 is 0 Å². The van der Waals surface area contributed by atoms with Gasteiger partial charge in [-0.15, -0.1) is 0 Å². The van der Waals surface area contributed by atoms with Crippen LogP contribution in [0.3, 0.4) is 0 Å². The second kappa shape index (κ2) is 3.93. The molecule has 0 N–H and O–H groups in total. The maximum absolute atomic E-state index is 11.8. The van der Waals surface area contributed by atoms with Crippen LogP contribution in [-0.2, 0) is 0 Å². The Morgan fingerprint density at radius 2 is 2.00 bits per heavy atom. The summed E-state index contributed by atoms with van der Waals surface area (Å²) in [6.07, 6.45) is 0. The number of hydrogen-bond donors (Lipinski definition) is 0. The van der Waals surface area contributed by atoms with Gasteiger partial charge in [0.15, 0.2) is 0 Å². The van der Waals surface area contributed by atoms with E-state index in [1.807, 2.05) is 42.0 Å². The third-order valence-electron chi connectivity index (χ3n) is 3.00. The molecule has 3 heteroatoms. The number of nitrogens with zero attached hydrogens (tertiary/aromatic N) is 2. The Hall–Kier alpha value is -1.51. The Balaban J connectivity index is 2.22. The van der Waals surface area contributed by atoms with Crippen molar-refractivity contribution in [2.75, 3.05) is 20.1 Å². The van der Waals surface area contributed by atoms with Crippen LogP contribution in [0.2, 0.25) is 0 Å². The van der Waals surface area contributed by atoms with Gasteiger partial charge in [-0.25, -0.2) is 4.79 Å². The lowest BCUT2D eigenvalue weighted by Gasteiger charge is -2.17. The van der Waals surface area contributed by atoms with E-state index in [0.717, 1.165) is 13.1 Å². The maximum Gasteiger partial charge on any atom is 0.320 e. The van der Waals surface area contributed by atoms with Crippen LogP contribution in [0, 0.1) is 0 Å². The summed E-state index contributed by atoms with van der Waals surface area (Å²) in [7, 11) is 1.87. The zero-order chi connectivity index (χ0) is 10.8. The molecule has 1 unspecified atom stereocenters. The molecule has 80 valence electrons. The van der Waals surface area contributed by atoms with Gasteiger partial charge in [-0.05, 0) is 12.5 Å². The number of amides is 2. The van der Waals surface area contributed by atoms with Crippen LogP contribution in [0.25, 0.3) is 0 Å². The SMILES string of the molecule is CCN1CC(c2ccccc2)N(C)C1=O. The van der Waals surface area contributed by atoms with Crippen molar-refractivity contribution < 1.29 is 4.79 Å². The zero-order valence-corrected chi connectivity index (χ0v) is 9.18. The molecular weight excluding hydrogens is 188 g/mol. The largest absolute Gasteiger partial charge is 0.323 e. The van der Waals surface area contributed by atoms with Crippen molar-refractivity contribution in [1.29, 1.82) is 0 Å². The lowest BCUT2D eigenvalue weighted by molar-refractivity contribution is 0.197. The van der Waals surface area contributed by atoms with Crippen molar-refractivity contribution in [3.05, 3.63) is 35.9 Å². The molecule has 1 atom stereocenters. The molecule has 1 heterocycles. The highest BCUT2D eigenvalue weighted by Gasteiger charge is 2.34. The van der Waals surface area contributed by atoms with Gasteiger partial charge < -0.3 is 9.80 Å². The minimum absolute atomic E-state index is 0.131. The highest BCUT2D eigenvalue weighted by Crippen LogP contribution is 2.27. The summed E-state index contributed by atoms with van der Waals surface area (Å²) in [4.78, 5) is 15.5. The van der Waals surface area contributed by atoms with E-state index in [1.54, 1.807) is 0 Å². The molecule has 0 aromatic heterocycles. The van der Waals surface area contributed by atoms with E-state index in [9.17, 15) is 4.79 Å². The molecule has 1 saturated heterocycles. The monoisotopic (exact) mass is 204 g/mol. The Bertz CT molecular complexity index is 350. The fourth-order valence-corrected chi connectivity index (χ4v) is 2.03. The summed E-state index contributed by atoms with van der Waals surface area (Å²) in [6, 6.07) is 10.5. The second-order valence-corrected chi connectivity index (χ2v) is 3.86. The number of rotatable bonds is 2. The highest BCUT2D eigenvalue weighted by molar-refractivity contribution is 5.77. The van der Waals surface area contributed by atoms with Gasteiger partial charge in [0, 0.05) is 20.1 Å². The Morgan fingerprint density at radius 3 is 2.53 bits per heavy atom. The fourth-order valence-electron chi connectivity index (χ4n) is 2.03. The molecule has 0 bridgehead atoms. The summed E-state index contributed by atoms with van der Waals surface area (Å²) in [5, 5.41) is 0. The molecule has 1 aromatic rings. The minimum atomic E-state index is 0.131. The average molecular weight is 204 g/mol. The molecule has 1 fully saturated rings. The first kappa shape index (κ1) is 10.0. The van der Waals surface area contributed by atoms with E-state index in [2.05, 4.69) is 12.1 Å². The predicted octanol–water partition coefficient (Wildman–Crippen LogP) is 2.12.